The first-order valence-corrected chi connectivity index (χ1v) is 7.24. The molecule has 0 atom stereocenters. The zero-order valence-corrected chi connectivity index (χ0v) is 12.1. The van der Waals surface area contributed by atoms with Gasteiger partial charge in [0.2, 0.25) is 0 Å². The van der Waals surface area contributed by atoms with Crippen molar-refractivity contribution in [3.05, 3.63) is 29.3 Å². The van der Waals surface area contributed by atoms with Crippen molar-refractivity contribution in [1.29, 1.82) is 0 Å². The third kappa shape index (κ3) is 3.64. The van der Waals surface area contributed by atoms with Gasteiger partial charge in [0.25, 0.3) is 0 Å². The van der Waals surface area contributed by atoms with Crippen LogP contribution in [0.4, 0.5) is 14.5 Å². The summed E-state index contributed by atoms with van der Waals surface area (Å²) in [6, 6.07) is 2.88. The van der Waals surface area contributed by atoms with Crippen molar-refractivity contribution in [3.8, 4) is 0 Å². The predicted molar refractivity (Wildman–Crippen MR) is 81.0 cm³/mol. The van der Waals surface area contributed by atoms with Gasteiger partial charge in [0.15, 0.2) is 11.6 Å². The summed E-state index contributed by atoms with van der Waals surface area (Å²) in [6.45, 7) is 3.89. The van der Waals surface area contributed by atoms with Crippen molar-refractivity contribution < 1.29 is 8.78 Å². The maximum Gasteiger partial charge on any atom is 0.182 e. The molecule has 0 radical (unpaired) electrons. The molecule has 6 heteroatoms. The molecule has 2 rings (SSSR count). The van der Waals surface area contributed by atoms with E-state index in [1.54, 1.807) is 0 Å². The van der Waals surface area contributed by atoms with Crippen LogP contribution in [-0.4, -0.2) is 36.1 Å². The average molecular weight is 299 g/mol. The van der Waals surface area contributed by atoms with E-state index >= 15 is 0 Å². The highest BCUT2D eigenvalue weighted by atomic mass is 32.1. The first-order chi connectivity index (χ1) is 9.59. The third-order valence-corrected chi connectivity index (χ3v) is 3.73. The largest absolute Gasteiger partial charge is 0.389 e. The van der Waals surface area contributed by atoms with Crippen molar-refractivity contribution >= 4 is 22.9 Å². The van der Waals surface area contributed by atoms with Gasteiger partial charge in [-0.3, -0.25) is 0 Å². The Labute approximate surface area is 123 Å². The highest BCUT2D eigenvalue weighted by molar-refractivity contribution is 7.80. The molecule has 1 aliphatic rings. The molecule has 1 aliphatic heterocycles. The zero-order valence-electron chi connectivity index (χ0n) is 11.3. The van der Waals surface area contributed by atoms with Crippen molar-refractivity contribution in [2.24, 2.45) is 5.73 Å². The fraction of sp³-hybridized carbons (Fsp3) is 0.500. The second kappa shape index (κ2) is 6.95. The minimum absolute atomic E-state index is 0.0554. The fourth-order valence-electron chi connectivity index (χ4n) is 2.41. The van der Waals surface area contributed by atoms with Gasteiger partial charge in [0.1, 0.15) is 4.99 Å². The molecule has 0 saturated carbocycles. The summed E-state index contributed by atoms with van der Waals surface area (Å²) in [5.74, 6) is -1.90. The number of nitrogens with zero attached hydrogens (tertiary/aromatic N) is 1. The number of rotatable bonds is 6. The molecule has 0 amide bonds. The van der Waals surface area contributed by atoms with E-state index in [1.165, 1.54) is 25.0 Å². The molecule has 0 aliphatic carbocycles. The van der Waals surface area contributed by atoms with Gasteiger partial charge in [-0.15, -0.1) is 0 Å². The first kappa shape index (κ1) is 15.1. The summed E-state index contributed by atoms with van der Waals surface area (Å²) in [7, 11) is 0. The van der Waals surface area contributed by atoms with Crippen molar-refractivity contribution in [1.82, 2.24) is 4.90 Å². The highest BCUT2D eigenvalue weighted by Crippen LogP contribution is 2.20. The molecule has 0 spiro atoms. The van der Waals surface area contributed by atoms with Gasteiger partial charge in [-0.1, -0.05) is 12.2 Å². The lowest BCUT2D eigenvalue weighted by Crippen LogP contribution is -2.22. The lowest BCUT2D eigenvalue weighted by Gasteiger charge is -2.15. The van der Waals surface area contributed by atoms with E-state index in [0.717, 1.165) is 26.1 Å². The Bertz CT molecular complexity index is 488. The van der Waals surface area contributed by atoms with E-state index in [4.69, 9.17) is 5.73 Å². The molecule has 3 N–H and O–H groups in total. The van der Waals surface area contributed by atoms with Gasteiger partial charge < -0.3 is 16.0 Å². The minimum Gasteiger partial charge on any atom is -0.389 e. The number of anilines is 1. The van der Waals surface area contributed by atoms with Crippen LogP contribution < -0.4 is 11.1 Å². The molecule has 1 saturated heterocycles. The summed E-state index contributed by atoms with van der Waals surface area (Å²) in [4.78, 5) is 2.25. The van der Waals surface area contributed by atoms with Crippen LogP contribution in [0.2, 0.25) is 0 Å². The molecule has 1 heterocycles. The molecule has 110 valence electrons. The van der Waals surface area contributed by atoms with Crippen LogP contribution in [0.15, 0.2) is 12.1 Å². The Hall–Kier alpha value is -1.27. The number of nitrogens with one attached hydrogen (secondary N) is 1. The molecule has 0 aromatic heterocycles. The van der Waals surface area contributed by atoms with E-state index < -0.39 is 11.6 Å². The normalized spacial score (nSPS) is 15.5. The molecule has 0 bridgehead atoms. The van der Waals surface area contributed by atoms with Gasteiger partial charge in [-0.2, -0.15) is 0 Å². The Morgan fingerprint density at radius 2 is 1.95 bits per heavy atom. The molecular formula is C14H19F2N3S. The first-order valence-electron chi connectivity index (χ1n) is 6.83. The lowest BCUT2D eigenvalue weighted by atomic mass is 10.1. The van der Waals surface area contributed by atoms with Crippen molar-refractivity contribution in [2.45, 2.75) is 19.3 Å². The third-order valence-electron chi connectivity index (χ3n) is 3.51. The maximum absolute atomic E-state index is 13.8. The number of thiocarbonyl (C=S) groups is 1. The van der Waals surface area contributed by atoms with Crippen LogP contribution in [-0.2, 0) is 0 Å². The zero-order chi connectivity index (χ0) is 14.5. The van der Waals surface area contributed by atoms with Gasteiger partial charge in [-0.25, -0.2) is 8.78 Å². The second-order valence-electron chi connectivity index (χ2n) is 4.98. The number of benzene rings is 1. The predicted octanol–water partition coefficient (Wildman–Crippen LogP) is 2.50. The molecule has 3 nitrogen and oxygen atoms in total. The van der Waals surface area contributed by atoms with Crippen LogP contribution in [0.3, 0.4) is 0 Å². The molecule has 1 fully saturated rings. The van der Waals surface area contributed by atoms with Crippen LogP contribution in [0.1, 0.15) is 24.8 Å². The van der Waals surface area contributed by atoms with Crippen LogP contribution in [0.5, 0.6) is 0 Å². The Morgan fingerprint density at radius 3 is 2.60 bits per heavy atom. The summed E-state index contributed by atoms with van der Waals surface area (Å²) in [5, 5.41) is 2.92. The minimum atomic E-state index is -0.984. The quantitative estimate of drug-likeness (QED) is 0.625. The van der Waals surface area contributed by atoms with Crippen LogP contribution in [0.25, 0.3) is 0 Å². The number of nitrogens with two attached hydrogens (primary N) is 1. The van der Waals surface area contributed by atoms with Crippen LogP contribution >= 0.6 is 12.2 Å². The molecule has 20 heavy (non-hydrogen) atoms. The Morgan fingerprint density at radius 1 is 1.25 bits per heavy atom. The van der Waals surface area contributed by atoms with E-state index in [2.05, 4.69) is 22.4 Å². The lowest BCUT2D eigenvalue weighted by molar-refractivity contribution is 0.337. The number of hydrogen-bond donors (Lipinski definition) is 2. The molecular weight excluding hydrogens is 280 g/mol. The van der Waals surface area contributed by atoms with Crippen molar-refractivity contribution in [3.63, 3.8) is 0 Å². The van der Waals surface area contributed by atoms with Gasteiger partial charge >= 0.3 is 0 Å². The summed E-state index contributed by atoms with van der Waals surface area (Å²) in [5.41, 5.74) is 5.42. The number of halogens is 2. The summed E-state index contributed by atoms with van der Waals surface area (Å²) < 4.78 is 27.5. The van der Waals surface area contributed by atoms with E-state index in [9.17, 15) is 8.78 Å². The van der Waals surface area contributed by atoms with E-state index in [1.807, 2.05) is 0 Å². The Balaban J connectivity index is 1.86. The van der Waals surface area contributed by atoms with Gasteiger partial charge in [-0.05, 0) is 51.0 Å². The second-order valence-corrected chi connectivity index (χ2v) is 5.42. The fourth-order valence-corrected chi connectivity index (χ4v) is 2.57. The maximum atomic E-state index is 13.8. The Kier molecular flexibility index (Phi) is 5.25. The van der Waals surface area contributed by atoms with E-state index in [0.29, 0.717) is 6.54 Å². The number of likely N-dealkylation sites (tertiary alicyclic amines) is 1. The summed E-state index contributed by atoms with van der Waals surface area (Å²) >= 11 is 4.67. The smallest absolute Gasteiger partial charge is 0.182 e. The van der Waals surface area contributed by atoms with Crippen LogP contribution in [0, 0.1) is 11.6 Å². The highest BCUT2D eigenvalue weighted by Gasteiger charge is 2.15. The molecule has 1 aromatic rings. The summed E-state index contributed by atoms with van der Waals surface area (Å²) in [6.07, 6.45) is 3.42. The topological polar surface area (TPSA) is 41.3 Å². The van der Waals surface area contributed by atoms with Gasteiger partial charge in [0.05, 0.1) is 5.69 Å². The van der Waals surface area contributed by atoms with Crippen molar-refractivity contribution in [2.75, 3.05) is 31.5 Å². The molecule has 1 aromatic carbocycles. The molecule has 0 unspecified atom stereocenters. The average Bonchev–Trinajstić information content (AvgIpc) is 2.92. The standard InChI is InChI=1S/C14H19F2N3S/c15-12-10(14(17)20)4-5-11(13(12)16)18-6-3-9-19-7-1-2-8-19/h4-5,18H,1-3,6-9H2,(H2,17,20). The number of hydrogen-bond acceptors (Lipinski definition) is 3. The van der Waals surface area contributed by atoms with Gasteiger partial charge in [0, 0.05) is 12.1 Å². The monoisotopic (exact) mass is 299 g/mol. The SMILES string of the molecule is NC(=S)c1ccc(NCCCN2CCCC2)c(F)c1F. The van der Waals surface area contributed by atoms with E-state index in [-0.39, 0.29) is 16.2 Å².